The van der Waals surface area contributed by atoms with E-state index >= 15 is 0 Å². The van der Waals surface area contributed by atoms with Crippen LogP contribution < -0.4 is 5.32 Å². The number of carboxylic acid groups (broad SMARTS) is 1. The van der Waals surface area contributed by atoms with Gasteiger partial charge in [0, 0.05) is 37.2 Å². The largest absolute Gasteiger partial charge is 0.480 e. The fraction of sp³-hybridized carbons (Fsp3) is 0.294. The van der Waals surface area contributed by atoms with Crippen LogP contribution in [0.25, 0.3) is 10.9 Å². The summed E-state index contributed by atoms with van der Waals surface area (Å²) in [6.07, 6.45) is 1.66. The van der Waals surface area contributed by atoms with Crippen LogP contribution in [0.1, 0.15) is 24.2 Å². The predicted octanol–water partition coefficient (Wildman–Crippen LogP) is 1.29. The van der Waals surface area contributed by atoms with E-state index < -0.39 is 17.9 Å². The predicted molar refractivity (Wildman–Crippen MR) is 88.6 cm³/mol. The van der Waals surface area contributed by atoms with Crippen molar-refractivity contribution in [3.63, 3.8) is 0 Å². The maximum atomic E-state index is 12.7. The standard InChI is InChI=1S/C17H19N3O4/c1-11(17(23)24)20(9-8-18-12(2)21)16(22)14-5-6-15-13(10-14)4-3-7-19-15/h3-7,10-11H,8-9H2,1-2H3,(H,18,21)(H,23,24). The molecular formula is C17H19N3O4. The molecule has 1 aromatic carbocycles. The first-order valence-electron chi connectivity index (χ1n) is 7.53. The molecule has 126 valence electrons. The summed E-state index contributed by atoms with van der Waals surface area (Å²) in [4.78, 5) is 40.4. The van der Waals surface area contributed by atoms with Crippen LogP contribution in [-0.2, 0) is 9.59 Å². The third kappa shape index (κ3) is 4.07. The normalized spacial score (nSPS) is 11.8. The summed E-state index contributed by atoms with van der Waals surface area (Å²) in [6, 6.07) is 7.63. The molecule has 1 unspecified atom stereocenters. The van der Waals surface area contributed by atoms with Gasteiger partial charge in [0.15, 0.2) is 0 Å². The summed E-state index contributed by atoms with van der Waals surface area (Å²) in [7, 11) is 0. The van der Waals surface area contributed by atoms with Gasteiger partial charge in [0.1, 0.15) is 6.04 Å². The lowest BCUT2D eigenvalue weighted by molar-refractivity contribution is -0.141. The molecular weight excluding hydrogens is 310 g/mol. The van der Waals surface area contributed by atoms with E-state index in [9.17, 15) is 19.5 Å². The van der Waals surface area contributed by atoms with Crippen LogP contribution in [0.5, 0.6) is 0 Å². The summed E-state index contributed by atoms with van der Waals surface area (Å²) >= 11 is 0. The summed E-state index contributed by atoms with van der Waals surface area (Å²) in [5.41, 5.74) is 1.14. The SMILES string of the molecule is CC(=O)NCCN(C(=O)c1ccc2ncccc2c1)C(C)C(=O)O. The van der Waals surface area contributed by atoms with Gasteiger partial charge < -0.3 is 15.3 Å². The zero-order valence-corrected chi connectivity index (χ0v) is 13.5. The Balaban J connectivity index is 2.26. The summed E-state index contributed by atoms with van der Waals surface area (Å²) < 4.78 is 0. The number of aliphatic carboxylic acids is 1. The molecule has 0 aliphatic carbocycles. The van der Waals surface area contributed by atoms with Gasteiger partial charge in [-0.3, -0.25) is 14.6 Å². The lowest BCUT2D eigenvalue weighted by atomic mass is 10.1. The summed E-state index contributed by atoms with van der Waals surface area (Å²) in [6.45, 7) is 3.10. The molecule has 0 aliphatic rings. The number of hydrogen-bond donors (Lipinski definition) is 2. The minimum absolute atomic E-state index is 0.108. The van der Waals surface area contributed by atoms with Crippen LogP contribution in [0.2, 0.25) is 0 Å². The van der Waals surface area contributed by atoms with Crippen molar-refractivity contribution >= 4 is 28.7 Å². The first-order valence-corrected chi connectivity index (χ1v) is 7.53. The van der Waals surface area contributed by atoms with E-state index in [2.05, 4.69) is 10.3 Å². The van der Waals surface area contributed by atoms with Crippen molar-refractivity contribution in [1.82, 2.24) is 15.2 Å². The molecule has 2 rings (SSSR count). The number of carboxylic acids is 1. The molecule has 2 aromatic rings. The van der Waals surface area contributed by atoms with Crippen molar-refractivity contribution in [2.24, 2.45) is 0 Å². The van der Waals surface area contributed by atoms with Crippen molar-refractivity contribution in [3.05, 3.63) is 42.1 Å². The molecule has 1 aromatic heterocycles. The van der Waals surface area contributed by atoms with Crippen LogP contribution in [0.3, 0.4) is 0 Å². The van der Waals surface area contributed by atoms with Crippen molar-refractivity contribution < 1.29 is 19.5 Å². The van der Waals surface area contributed by atoms with Crippen LogP contribution in [0.4, 0.5) is 0 Å². The molecule has 0 radical (unpaired) electrons. The van der Waals surface area contributed by atoms with E-state index in [0.717, 1.165) is 10.9 Å². The van der Waals surface area contributed by atoms with E-state index in [1.165, 1.54) is 18.7 Å². The Hall–Kier alpha value is -2.96. The second kappa shape index (κ2) is 7.54. The fourth-order valence-electron chi connectivity index (χ4n) is 2.33. The van der Waals surface area contributed by atoms with E-state index in [1.54, 1.807) is 30.5 Å². The van der Waals surface area contributed by atoms with Gasteiger partial charge in [-0.05, 0) is 31.2 Å². The van der Waals surface area contributed by atoms with E-state index in [4.69, 9.17) is 0 Å². The van der Waals surface area contributed by atoms with Gasteiger partial charge in [-0.2, -0.15) is 0 Å². The molecule has 24 heavy (non-hydrogen) atoms. The van der Waals surface area contributed by atoms with E-state index in [0.29, 0.717) is 5.56 Å². The Kier molecular flexibility index (Phi) is 5.47. The fourth-order valence-corrected chi connectivity index (χ4v) is 2.33. The summed E-state index contributed by atoms with van der Waals surface area (Å²) in [5, 5.41) is 12.6. The average molecular weight is 329 g/mol. The number of fused-ring (bicyclic) bond motifs is 1. The van der Waals surface area contributed by atoms with Crippen LogP contribution in [0.15, 0.2) is 36.5 Å². The number of nitrogens with zero attached hydrogens (tertiary/aromatic N) is 2. The minimum Gasteiger partial charge on any atom is -0.480 e. The third-order valence-electron chi connectivity index (χ3n) is 3.66. The number of carbonyl (C=O) groups is 3. The Morgan fingerprint density at radius 1 is 1.29 bits per heavy atom. The zero-order valence-electron chi connectivity index (χ0n) is 13.5. The van der Waals surface area contributed by atoms with Gasteiger partial charge in [0.05, 0.1) is 5.52 Å². The average Bonchev–Trinajstić information content (AvgIpc) is 2.56. The number of amides is 2. The van der Waals surface area contributed by atoms with Crippen molar-refractivity contribution in [2.45, 2.75) is 19.9 Å². The molecule has 0 aliphatic heterocycles. The smallest absolute Gasteiger partial charge is 0.326 e. The Labute approximate surface area is 139 Å². The number of hydrogen-bond acceptors (Lipinski definition) is 4. The highest BCUT2D eigenvalue weighted by Gasteiger charge is 2.26. The van der Waals surface area contributed by atoms with Gasteiger partial charge in [-0.15, -0.1) is 0 Å². The first-order chi connectivity index (χ1) is 11.4. The van der Waals surface area contributed by atoms with Crippen molar-refractivity contribution in [1.29, 1.82) is 0 Å². The number of benzene rings is 1. The Bertz CT molecular complexity index is 775. The molecule has 7 heteroatoms. The second-order valence-electron chi connectivity index (χ2n) is 5.41. The molecule has 0 bridgehead atoms. The quantitative estimate of drug-likeness (QED) is 0.832. The lowest BCUT2D eigenvalue weighted by Gasteiger charge is -2.26. The molecule has 1 atom stereocenters. The second-order valence-corrected chi connectivity index (χ2v) is 5.41. The molecule has 7 nitrogen and oxygen atoms in total. The third-order valence-corrected chi connectivity index (χ3v) is 3.66. The number of rotatable bonds is 6. The molecule has 2 N–H and O–H groups in total. The van der Waals surface area contributed by atoms with Crippen LogP contribution in [0, 0.1) is 0 Å². The molecule has 1 heterocycles. The van der Waals surface area contributed by atoms with Gasteiger partial charge in [-0.25, -0.2) is 4.79 Å². The highest BCUT2D eigenvalue weighted by atomic mass is 16.4. The van der Waals surface area contributed by atoms with Gasteiger partial charge in [-0.1, -0.05) is 6.07 Å². The molecule has 0 spiro atoms. The molecule has 0 saturated heterocycles. The minimum atomic E-state index is -1.10. The lowest BCUT2D eigenvalue weighted by Crippen LogP contribution is -2.46. The number of carbonyl (C=O) groups excluding carboxylic acids is 2. The monoisotopic (exact) mass is 329 g/mol. The molecule has 0 fully saturated rings. The number of pyridine rings is 1. The number of nitrogens with one attached hydrogen (secondary N) is 1. The van der Waals surface area contributed by atoms with Gasteiger partial charge in [0.25, 0.3) is 5.91 Å². The van der Waals surface area contributed by atoms with Gasteiger partial charge in [0.2, 0.25) is 5.91 Å². The highest BCUT2D eigenvalue weighted by Crippen LogP contribution is 2.16. The van der Waals surface area contributed by atoms with E-state index in [1.807, 2.05) is 6.07 Å². The maximum absolute atomic E-state index is 12.7. The van der Waals surface area contributed by atoms with Crippen LogP contribution in [-0.4, -0.2) is 51.9 Å². The van der Waals surface area contributed by atoms with E-state index in [-0.39, 0.29) is 19.0 Å². The highest BCUT2D eigenvalue weighted by molar-refractivity contribution is 5.99. The topological polar surface area (TPSA) is 99.6 Å². The summed E-state index contributed by atoms with van der Waals surface area (Å²) in [5.74, 6) is -1.74. The van der Waals surface area contributed by atoms with Gasteiger partial charge >= 0.3 is 5.97 Å². The Morgan fingerprint density at radius 3 is 2.71 bits per heavy atom. The number of aromatic nitrogens is 1. The maximum Gasteiger partial charge on any atom is 0.326 e. The molecule has 0 saturated carbocycles. The van der Waals surface area contributed by atoms with Crippen LogP contribution >= 0.6 is 0 Å². The Morgan fingerprint density at radius 2 is 2.04 bits per heavy atom. The van der Waals surface area contributed by atoms with Crippen molar-refractivity contribution in [3.8, 4) is 0 Å². The molecule has 2 amide bonds. The first kappa shape index (κ1) is 17.4. The van der Waals surface area contributed by atoms with Crippen molar-refractivity contribution in [2.75, 3.05) is 13.1 Å². The zero-order chi connectivity index (χ0) is 17.7.